The summed E-state index contributed by atoms with van der Waals surface area (Å²) in [4.78, 5) is 18.0. The fourth-order valence-electron chi connectivity index (χ4n) is 3.18. The number of nitrogens with zero attached hydrogens (tertiary/aromatic N) is 2. The second kappa shape index (κ2) is 12.0. The molecule has 0 atom stereocenters. The Morgan fingerprint density at radius 2 is 1.84 bits per heavy atom. The van der Waals surface area contributed by atoms with Crippen LogP contribution in [0.3, 0.4) is 0 Å². The van der Waals surface area contributed by atoms with Crippen molar-refractivity contribution < 1.29 is 14.3 Å². The quantitative estimate of drug-likeness (QED) is 0.342. The third-order valence-corrected chi connectivity index (χ3v) is 6.43. The number of carbonyl (C=O) groups is 1. The van der Waals surface area contributed by atoms with Gasteiger partial charge in [-0.3, -0.25) is 4.79 Å². The van der Waals surface area contributed by atoms with Gasteiger partial charge in [-0.05, 0) is 62.1 Å². The molecular weight excluding hydrogens is 428 g/mol. The van der Waals surface area contributed by atoms with Crippen LogP contribution in [0.1, 0.15) is 43.5 Å². The van der Waals surface area contributed by atoms with Gasteiger partial charge in [-0.25, -0.2) is 0 Å². The lowest BCUT2D eigenvalue weighted by atomic mass is 10.2. The van der Waals surface area contributed by atoms with Gasteiger partial charge in [0.05, 0.1) is 23.4 Å². The molecule has 3 aromatic rings. The molecular formula is C24H30N2O3S2. The molecule has 0 spiro atoms. The van der Waals surface area contributed by atoms with Crippen molar-refractivity contribution in [1.82, 2.24) is 4.57 Å². The Kier molecular flexibility index (Phi) is 9.03. The van der Waals surface area contributed by atoms with Gasteiger partial charge in [-0.15, -0.1) is 0 Å². The van der Waals surface area contributed by atoms with E-state index >= 15 is 0 Å². The zero-order valence-electron chi connectivity index (χ0n) is 18.4. The molecule has 166 valence electrons. The summed E-state index contributed by atoms with van der Waals surface area (Å²) in [5.41, 5.74) is 1.63. The van der Waals surface area contributed by atoms with E-state index in [4.69, 9.17) is 9.47 Å². The lowest BCUT2D eigenvalue weighted by Crippen LogP contribution is -2.18. The molecule has 2 aromatic carbocycles. The van der Waals surface area contributed by atoms with Crippen LogP contribution in [-0.4, -0.2) is 35.7 Å². The maximum absolute atomic E-state index is 12.9. The average molecular weight is 459 g/mol. The summed E-state index contributed by atoms with van der Waals surface area (Å²) in [6.45, 7) is 6.26. The van der Waals surface area contributed by atoms with E-state index in [-0.39, 0.29) is 5.91 Å². The van der Waals surface area contributed by atoms with Crippen molar-refractivity contribution in [3.05, 3.63) is 52.8 Å². The molecule has 1 amide bonds. The highest BCUT2D eigenvalue weighted by Crippen LogP contribution is 2.24. The molecule has 7 heteroatoms. The number of carbonyl (C=O) groups excluding carboxylic acids is 1. The maximum atomic E-state index is 12.9. The van der Waals surface area contributed by atoms with E-state index in [0.717, 1.165) is 46.9 Å². The number of aryl methyl sites for hydroxylation is 1. The van der Waals surface area contributed by atoms with Crippen molar-refractivity contribution >= 4 is 39.2 Å². The lowest BCUT2D eigenvalue weighted by Gasteiger charge is -2.06. The van der Waals surface area contributed by atoms with Gasteiger partial charge in [0, 0.05) is 17.9 Å². The van der Waals surface area contributed by atoms with Gasteiger partial charge in [0.15, 0.2) is 4.80 Å². The van der Waals surface area contributed by atoms with Crippen molar-refractivity contribution in [2.45, 2.75) is 39.7 Å². The number of thiazole rings is 1. The number of aromatic nitrogens is 1. The normalized spacial score (nSPS) is 11.8. The Hall–Kier alpha value is -2.25. The first-order valence-electron chi connectivity index (χ1n) is 10.7. The minimum Gasteiger partial charge on any atom is -0.494 e. The van der Waals surface area contributed by atoms with E-state index in [0.29, 0.717) is 23.6 Å². The van der Waals surface area contributed by atoms with Crippen LogP contribution in [0.15, 0.2) is 47.5 Å². The molecule has 0 bridgehead atoms. The van der Waals surface area contributed by atoms with Crippen molar-refractivity contribution in [3.8, 4) is 11.5 Å². The monoisotopic (exact) mass is 458 g/mol. The Labute approximate surface area is 192 Å². The Morgan fingerprint density at radius 3 is 2.55 bits per heavy atom. The highest BCUT2D eigenvalue weighted by atomic mass is 32.2. The smallest absolute Gasteiger partial charge is 0.279 e. The summed E-state index contributed by atoms with van der Waals surface area (Å²) in [5, 5.41) is 0. The first-order valence-corrected chi connectivity index (χ1v) is 12.9. The topological polar surface area (TPSA) is 52.8 Å². The van der Waals surface area contributed by atoms with Crippen LogP contribution < -0.4 is 14.3 Å². The Bertz CT molecular complexity index is 1050. The molecule has 3 rings (SSSR count). The summed E-state index contributed by atoms with van der Waals surface area (Å²) < 4.78 is 14.6. The van der Waals surface area contributed by atoms with E-state index < -0.39 is 0 Å². The largest absolute Gasteiger partial charge is 0.494 e. The van der Waals surface area contributed by atoms with Crippen molar-refractivity contribution in [3.63, 3.8) is 0 Å². The minimum atomic E-state index is -0.243. The van der Waals surface area contributed by atoms with Gasteiger partial charge < -0.3 is 14.0 Å². The number of rotatable bonds is 11. The summed E-state index contributed by atoms with van der Waals surface area (Å²) in [6.07, 6.45) is 5.45. The second-order valence-electron chi connectivity index (χ2n) is 7.09. The highest BCUT2D eigenvalue weighted by molar-refractivity contribution is 7.98. The van der Waals surface area contributed by atoms with Crippen LogP contribution in [0.2, 0.25) is 0 Å². The van der Waals surface area contributed by atoms with Crippen LogP contribution in [0.4, 0.5) is 0 Å². The van der Waals surface area contributed by atoms with Gasteiger partial charge in [0.25, 0.3) is 5.91 Å². The molecule has 0 aliphatic heterocycles. The van der Waals surface area contributed by atoms with Crippen LogP contribution >= 0.6 is 23.1 Å². The van der Waals surface area contributed by atoms with E-state index in [1.165, 1.54) is 17.8 Å². The fraction of sp³-hybridized carbons (Fsp3) is 0.417. The molecule has 31 heavy (non-hydrogen) atoms. The van der Waals surface area contributed by atoms with E-state index in [1.54, 1.807) is 23.9 Å². The zero-order chi connectivity index (χ0) is 22.1. The third kappa shape index (κ3) is 6.37. The molecule has 1 heterocycles. The van der Waals surface area contributed by atoms with Crippen molar-refractivity contribution in [1.29, 1.82) is 0 Å². The molecule has 0 radical (unpaired) electrons. The average Bonchev–Trinajstić information content (AvgIpc) is 3.12. The van der Waals surface area contributed by atoms with E-state index in [2.05, 4.69) is 22.7 Å². The number of hydrogen-bond donors (Lipinski definition) is 0. The van der Waals surface area contributed by atoms with Gasteiger partial charge in [-0.2, -0.15) is 16.8 Å². The molecule has 5 nitrogen and oxygen atoms in total. The summed E-state index contributed by atoms with van der Waals surface area (Å²) in [5.74, 6) is 2.32. The fourth-order valence-corrected chi connectivity index (χ4v) is 4.63. The first kappa shape index (κ1) is 23.4. The molecule has 1 aromatic heterocycles. The van der Waals surface area contributed by atoms with Crippen LogP contribution in [0.5, 0.6) is 11.5 Å². The highest BCUT2D eigenvalue weighted by Gasteiger charge is 2.11. The number of hydrogen-bond acceptors (Lipinski definition) is 5. The summed E-state index contributed by atoms with van der Waals surface area (Å²) in [6, 6.07) is 13.3. The number of amides is 1. The molecule has 0 aliphatic carbocycles. The summed E-state index contributed by atoms with van der Waals surface area (Å²) in [7, 11) is 0. The van der Waals surface area contributed by atoms with Gasteiger partial charge in [-0.1, -0.05) is 31.1 Å². The lowest BCUT2D eigenvalue weighted by molar-refractivity contribution is 0.0998. The number of unbranched alkanes of at least 4 members (excludes halogenated alkanes) is 2. The second-order valence-corrected chi connectivity index (χ2v) is 9.08. The first-order chi connectivity index (χ1) is 15.2. The number of ether oxygens (including phenoxy) is 2. The van der Waals surface area contributed by atoms with E-state index in [1.807, 2.05) is 37.3 Å². The standard InChI is InChI=1S/C24H30N2O3S2/c1-4-6-7-15-29-19-10-8-18(9-11-19)23(27)25-24-26(14-16-30-3)21-13-12-20(28-5-2)17-22(21)31-24/h8-13,17H,4-7,14-16H2,1-3H3. The van der Waals surface area contributed by atoms with Gasteiger partial charge in [0.2, 0.25) is 0 Å². The predicted molar refractivity (Wildman–Crippen MR) is 131 cm³/mol. The molecule has 0 saturated heterocycles. The Morgan fingerprint density at radius 1 is 1.06 bits per heavy atom. The van der Waals surface area contributed by atoms with Crippen LogP contribution in [0.25, 0.3) is 10.2 Å². The van der Waals surface area contributed by atoms with Crippen molar-refractivity contribution in [2.75, 3.05) is 25.2 Å². The zero-order valence-corrected chi connectivity index (χ0v) is 20.1. The molecule has 0 N–H and O–H groups in total. The predicted octanol–water partition coefficient (Wildman–Crippen LogP) is 5.77. The molecule has 0 fully saturated rings. The maximum Gasteiger partial charge on any atom is 0.279 e. The Balaban J connectivity index is 1.85. The van der Waals surface area contributed by atoms with Crippen LogP contribution in [-0.2, 0) is 6.54 Å². The number of thioether (sulfide) groups is 1. The third-order valence-electron chi connectivity index (χ3n) is 4.80. The summed E-state index contributed by atoms with van der Waals surface area (Å²) >= 11 is 3.29. The molecule has 0 saturated carbocycles. The van der Waals surface area contributed by atoms with Crippen LogP contribution in [0, 0.1) is 0 Å². The number of benzene rings is 2. The van der Waals surface area contributed by atoms with E-state index in [9.17, 15) is 4.79 Å². The van der Waals surface area contributed by atoms with Gasteiger partial charge >= 0.3 is 0 Å². The SMILES string of the molecule is CCCCCOc1ccc(C(=O)N=c2sc3cc(OCC)ccc3n2CCSC)cc1. The molecule has 0 unspecified atom stereocenters. The minimum absolute atomic E-state index is 0.243. The molecule has 0 aliphatic rings. The van der Waals surface area contributed by atoms with Crippen molar-refractivity contribution in [2.24, 2.45) is 4.99 Å². The van der Waals surface area contributed by atoms with Gasteiger partial charge in [0.1, 0.15) is 11.5 Å². The number of fused-ring (bicyclic) bond motifs is 1.